The number of amides is 3. The molecule has 9 rings (SSSR count). The predicted octanol–water partition coefficient (Wildman–Crippen LogP) is 5.47. The summed E-state index contributed by atoms with van der Waals surface area (Å²) >= 11 is 0. The number of piperidine rings is 2. The number of benzene rings is 1. The number of fused-ring (bicyclic) bond motifs is 2. The zero-order valence-corrected chi connectivity index (χ0v) is 38.0. The maximum Gasteiger partial charge on any atom is 0.269 e. The number of nitrogens with zero attached hydrogens (tertiary/aromatic N) is 9. The van der Waals surface area contributed by atoms with Crippen molar-refractivity contribution in [3.63, 3.8) is 0 Å². The summed E-state index contributed by atoms with van der Waals surface area (Å²) in [7, 11) is -0.951. The summed E-state index contributed by atoms with van der Waals surface area (Å²) in [5.74, 6) is 0.578. The molecule has 0 bridgehead atoms. The Bertz CT molecular complexity index is 2620. The smallest absolute Gasteiger partial charge is 0.269 e. The quantitative estimate of drug-likeness (QED) is 0.181. The number of carbonyl (C=O) groups is 3. The van der Waals surface area contributed by atoms with Gasteiger partial charge in [-0.3, -0.25) is 28.9 Å². The average Bonchev–Trinajstić information content (AvgIpc) is 3.88. The number of hydrogen-bond acceptors (Lipinski definition) is 11. The summed E-state index contributed by atoms with van der Waals surface area (Å²) in [6.45, 7) is 15.1. The fourth-order valence-electron chi connectivity index (χ4n) is 9.78. The van der Waals surface area contributed by atoms with Crippen molar-refractivity contribution >= 4 is 63.8 Å². The molecule has 0 spiro atoms. The van der Waals surface area contributed by atoms with Gasteiger partial charge in [0.1, 0.15) is 11.9 Å². The van der Waals surface area contributed by atoms with Crippen LogP contribution in [0.25, 0.3) is 23.7 Å². The van der Waals surface area contributed by atoms with E-state index in [1.165, 1.54) is 10.7 Å². The Morgan fingerprint density at radius 3 is 2.33 bits per heavy atom. The van der Waals surface area contributed by atoms with E-state index in [4.69, 9.17) is 4.98 Å². The Labute approximate surface area is 374 Å². The number of aliphatic hydroxyl groups excluding tert-OH is 1. The van der Waals surface area contributed by atoms with Crippen LogP contribution >= 0.6 is 10.7 Å². The summed E-state index contributed by atoms with van der Waals surface area (Å²) in [5.41, 5.74) is 3.85. The number of pyridine rings is 2. The molecule has 3 saturated heterocycles. The zero-order valence-electron chi connectivity index (χ0n) is 37.2. The third-order valence-corrected chi connectivity index (χ3v) is 14.8. The van der Waals surface area contributed by atoms with E-state index in [1.807, 2.05) is 19.1 Å². The first kappa shape index (κ1) is 45.0. The van der Waals surface area contributed by atoms with Crippen LogP contribution in [0.5, 0.6) is 0 Å². The highest BCUT2D eigenvalue weighted by Crippen LogP contribution is 2.45. The fraction of sp³-hybridized carbons (Fsp3) is 0.489. The van der Waals surface area contributed by atoms with Crippen LogP contribution in [0.2, 0.25) is 0 Å². The number of aliphatic hydroxyl groups is 1. The monoisotopic (exact) mass is 896 g/mol. The highest BCUT2D eigenvalue weighted by molar-refractivity contribution is 8.13. The van der Waals surface area contributed by atoms with Crippen LogP contribution < -0.4 is 31.3 Å². The third kappa shape index (κ3) is 8.80. The number of nitrogens with one attached hydrogen (secondary N) is 1. The Balaban J connectivity index is 0.00000182. The minimum atomic E-state index is -2.95. The first-order valence-corrected chi connectivity index (χ1v) is 23.8. The normalized spacial score (nSPS) is 23.6. The van der Waals surface area contributed by atoms with Crippen molar-refractivity contribution in [2.45, 2.75) is 102 Å². The number of carbonyl (C=O) groups excluding carboxylic acids is 3. The van der Waals surface area contributed by atoms with Crippen molar-refractivity contribution in [1.29, 1.82) is 0 Å². The molecule has 1 aromatic heterocycles. The van der Waals surface area contributed by atoms with Crippen LogP contribution in [0.1, 0.15) is 94.1 Å². The van der Waals surface area contributed by atoms with Gasteiger partial charge in [0.15, 0.2) is 5.82 Å². The van der Waals surface area contributed by atoms with E-state index in [0.29, 0.717) is 73.3 Å². The topological polar surface area (TPSA) is 152 Å². The maximum absolute atomic E-state index is 15.9. The summed E-state index contributed by atoms with van der Waals surface area (Å²) < 4.78 is 35.3. The summed E-state index contributed by atoms with van der Waals surface area (Å²) in [4.78, 5) is 63.1. The van der Waals surface area contributed by atoms with Gasteiger partial charge in [0.2, 0.25) is 11.8 Å². The van der Waals surface area contributed by atoms with Crippen LogP contribution in [0.15, 0.2) is 52.6 Å². The lowest BCUT2D eigenvalue weighted by atomic mass is 9.91. The lowest BCUT2D eigenvalue weighted by Gasteiger charge is -2.43. The third-order valence-electron chi connectivity index (χ3n) is 13.0. The molecular weight excluding hydrogens is 839 g/mol. The second-order valence-electron chi connectivity index (χ2n) is 17.5. The molecule has 3 unspecified atom stereocenters. The van der Waals surface area contributed by atoms with Gasteiger partial charge < -0.3 is 19.5 Å². The Hall–Kier alpha value is -5.55. The molecular formula is C47H58F2N10O4S. The minimum absolute atomic E-state index is 0.137. The molecule has 3 atom stereocenters. The lowest BCUT2D eigenvalue weighted by Crippen LogP contribution is -2.54. The van der Waals surface area contributed by atoms with Crippen molar-refractivity contribution in [3.8, 4) is 11.4 Å². The number of aromatic nitrogens is 4. The van der Waals surface area contributed by atoms with E-state index in [1.54, 1.807) is 42.4 Å². The Kier molecular flexibility index (Phi) is 13.0. The average molecular weight is 897 g/mol. The van der Waals surface area contributed by atoms with E-state index in [2.05, 4.69) is 60.9 Å². The summed E-state index contributed by atoms with van der Waals surface area (Å²) in [6.07, 6.45) is 9.75. The molecule has 7 aliphatic rings. The molecule has 4 fully saturated rings. The predicted molar refractivity (Wildman–Crippen MR) is 246 cm³/mol. The first-order chi connectivity index (χ1) is 30.7. The molecule has 3 amide bonds. The van der Waals surface area contributed by atoms with Crippen molar-refractivity contribution in [1.82, 2.24) is 34.0 Å². The summed E-state index contributed by atoms with van der Waals surface area (Å²) in [6, 6.07) is 8.40. The van der Waals surface area contributed by atoms with Crippen LogP contribution in [0, 0.1) is 12.8 Å². The zero-order chi connectivity index (χ0) is 45.4. The van der Waals surface area contributed by atoms with E-state index >= 15 is 8.78 Å². The van der Waals surface area contributed by atoms with Crippen LogP contribution in [-0.2, 0) is 9.59 Å². The van der Waals surface area contributed by atoms with Gasteiger partial charge in [0, 0.05) is 90.6 Å². The van der Waals surface area contributed by atoms with Gasteiger partial charge in [-0.05, 0) is 75.4 Å². The number of hydrogen-bond donors (Lipinski definition) is 2. The second-order valence-corrected chi connectivity index (χ2v) is 19.1. The van der Waals surface area contributed by atoms with Gasteiger partial charge in [-0.1, -0.05) is 56.2 Å². The van der Waals surface area contributed by atoms with Crippen molar-refractivity contribution < 1.29 is 28.3 Å². The molecule has 17 heteroatoms. The Morgan fingerprint density at radius 2 is 1.67 bits per heavy atom. The van der Waals surface area contributed by atoms with Crippen LogP contribution in [0.4, 0.5) is 26.0 Å². The number of piperazine rings is 1. The number of anilines is 2. The number of imide groups is 1. The fourth-order valence-corrected chi connectivity index (χ4v) is 11.4. The van der Waals surface area contributed by atoms with Crippen LogP contribution in [0.3, 0.4) is 0 Å². The van der Waals surface area contributed by atoms with Gasteiger partial charge in [0.25, 0.3) is 17.4 Å². The van der Waals surface area contributed by atoms with E-state index < -0.39 is 41.0 Å². The van der Waals surface area contributed by atoms with E-state index in [0.717, 1.165) is 58.9 Å². The Morgan fingerprint density at radius 1 is 0.953 bits per heavy atom. The number of halogens is 2. The second kappa shape index (κ2) is 18.5. The molecule has 1 aliphatic carbocycles. The number of rotatable bonds is 7. The molecule has 340 valence electrons. The highest BCUT2D eigenvalue weighted by Gasteiger charge is 2.46. The lowest BCUT2D eigenvalue weighted by molar-refractivity contribution is -0.135. The standard InChI is InChI=1S/C44H50F2N10O4S.C3H8/c1-26-34-23-48-43(51-40(34)55(30-7-5-6-8-30)27(2)39(26)28(3)57)49-37-13-10-32(22-47-37)53-19-17-52(18-20-53)24-29-15-16-54(25-44(29,45)46)31-9-12-36-33(21-31)42(60)56(61(36)4)35-11-14-38(58)50-41(35)59;1-3-2/h9-10,12-13,21-23,29-30,35,57H,2,4-8,11,14-20,24-25H2,1,3H3,(H,50,58,59);3H2,1-2H3/b39-28+,49-43?;. The molecule has 6 aliphatic heterocycles. The summed E-state index contributed by atoms with van der Waals surface area (Å²) in [5, 5.41) is 14.3. The molecule has 2 aromatic rings. The van der Waals surface area contributed by atoms with Gasteiger partial charge in [-0.25, -0.2) is 18.7 Å². The van der Waals surface area contributed by atoms with Crippen molar-refractivity contribution in [2.75, 3.05) is 55.6 Å². The van der Waals surface area contributed by atoms with Gasteiger partial charge in [-0.15, -0.1) is 0 Å². The molecule has 1 saturated carbocycles. The van der Waals surface area contributed by atoms with Gasteiger partial charge in [-0.2, -0.15) is 9.98 Å². The molecule has 0 radical (unpaired) electrons. The number of alkyl halides is 2. The molecule has 7 heterocycles. The highest BCUT2D eigenvalue weighted by atomic mass is 32.2. The minimum Gasteiger partial charge on any atom is -0.512 e. The SMILES string of the molecule is C=c1/c(=C(\C)O)c(C)c2cnc(=Nc3ccc(N4CCN(CC5CCN(c6ccc7c(c6)C(=O)N(C6CCC(=O)NC6=O)S7=C)CC5(F)F)CC4)cn3)nc-2n1C1CCCC1.CCC. The van der Waals surface area contributed by atoms with E-state index in [9.17, 15) is 19.5 Å². The maximum atomic E-state index is 15.9. The van der Waals surface area contributed by atoms with Crippen LogP contribution in [-0.4, -0.2) is 115 Å². The first-order valence-electron chi connectivity index (χ1n) is 22.4. The van der Waals surface area contributed by atoms with Gasteiger partial charge >= 0.3 is 0 Å². The molecule has 1 aromatic carbocycles. The molecule has 64 heavy (non-hydrogen) atoms. The van der Waals surface area contributed by atoms with E-state index in [-0.39, 0.29) is 36.5 Å². The van der Waals surface area contributed by atoms with Gasteiger partial charge in [0.05, 0.1) is 29.8 Å². The molecule has 2 N–H and O–H groups in total. The largest absolute Gasteiger partial charge is 0.512 e. The van der Waals surface area contributed by atoms with Crippen molar-refractivity contribution in [2.24, 2.45) is 10.9 Å². The van der Waals surface area contributed by atoms with Crippen molar-refractivity contribution in [3.05, 3.63) is 70.0 Å². The molecule has 14 nitrogen and oxygen atoms in total.